The predicted molar refractivity (Wildman–Crippen MR) is 107 cm³/mol. The van der Waals surface area contributed by atoms with Crippen molar-refractivity contribution >= 4 is 15.8 Å². The van der Waals surface area contributed by atoms with Crippen molar-refractivity contribution < 1.29 is 8.42 Å². The first-order chi connectivity index (χ1) is 12.6. The maximum Gasteiger partial charge on any atom is 0.191 e. The molecule has 0 saturated carbocycles. The number of hydrogen-bond donors (Lipinski definition) is 2. The first-order valence-electron chi connectivity index (χ1n) is 8.96. The minimum atomic E-state index is -3.23. The molecule has 0 atom stereocenters. The lowest BCUT2D eigenvalue weighted by atomic mass is 10.1. The SMILES string of the molecule is CCNC(=NCCCS(=O)(=O)c1ccccc1)NCCc1ccccc1. The number of benzene rings is 2. The molecule has 0 aromatic heterocycles. The second-order valence-corrected chi connectivity index (χ2v) is 8.02. The number of aliphatic imine (C=N–C) groups is 1. The van der Waals surface area contributed by atoms with Crippen molar-refractivity contribution in [2.24, 2.45) is 4.99 Å². The Morgan fingerprint density at radius 1 is 0.962 bits per heavy atom. The van der Waals surface area contributed by atoms with Crippen LogP contribution in [0.25, 0.3) is 0 Å². The first-order valence-corrected chi connectivity index (χ1v) is 10.6. The summed E-state index contributed by atoms with van der Waals surface area (Å²) in [5.41, 5.74) is 1.27. The molecule has 0 unspecified atom stereocenters. The van der Waals surface area contributed by atoms with Crippen molar-refractivity contribution in [3.63, 3.8) is 0 Å². The molecular weight excluding hydrogens is 346 g/mol. The molecule has 0 aliphatic rings. The Labute approximate surface area is 156 Å². The fourth-order valence-electron chi connectivity index (χ4n) is 2.50. The minimum absolute atomic E-state index is 0.101. The van der Waals surface area contributed by atoms with Gasteiger partial charge in [-0.3, -0.25) is 4.99 Å². The van der Waals surface area contributed by atoms with Gasteiger partial charge in [-0.1, -0.05) is 48.5 Å². The summed E-state index contributed by atoms with van der Waals surface area (Å²) in [6.07, 6.45) is 1.40. The zero-order valence-electron chi connectivity index (χ0n) is 15.2. The number of nitrogens with one attached hydrogen (secondary N) is 2. The van der Waals surface area contributed by atoms with Crippen LogP contribution in [0, 0.1) is 0 Å². The molecule has 2 N–H and O–H groups in total. The molecule has 5 nitrogen and oxygen atoms in total. The monoisotopic (exact) mass is 373 g/mol. The van der Waals surface area contributed by atoms with E-state index in [1.54, 1.807) is 24.3 Å². The van der Waals surface area contributed by atoms with Crippen molar-refractivity contribution in [1.82, 2.24) is 10.6 Å². The maximum atomic E-state index is 12.3. The third-order valence-electron chi connectivity index (χ3n) is 3.84. The molecule has 0 radical (unpaired) electrons. The van der Waals surface area contributed by atoms with E-state index in [4.69, 9.17) is 0 Å². The van der Waals surface area contributed by atoms with Gasteiger partial charge in [-0.05, 0) is 37.5 Å². The molecule has 0 fully saturated rings. The molecular formula is C20H27N3O2S. The van der Waals surface area contributed by atoms with E-state index in [2.05, 4.69) is 27.8 Å². The molecule has 2 aromatic rings. The van der Waals surface area contributed by atoms with Crippen LogP contribution in [0.15, 0.2) is 70.6 Å². The van der Waals surface area contributed by atoms with Gasteiger partial charge in [0, 0.05) is 19.6 Å². The number of sulfone groups is 1. The largest absolute Gasteiger partial charge is 0.357 e. The standard InChI is InChI=1S/C20H27N3O2S/c1-2-21-20(23-16-14-18-10-5-3-6-11-18)22-15-9-17-26(24,25)19-12-7-4-8-13-19/h3-8,10-13H,2,9,14-17H2,1H3,(H2,21,22,23). The fourth-order valence-corrected chi connectivity index (χ4v) is 3.82. The maximum absolute atomic E-state index is 12.3. The summed E-state index contributed by atoms with van der Waals surface area (Å²) >= 11 is 0. The Kier molecular flexibility index (Phi) is 8.15. The number of hydrogen-bond acceptors (Lipinski definition) is 3. The van der Waals surface area contributed by atoms with E-state index in [9.17, 15) is 8.42 Å². The highest BCUT2D eigenvalue weighted by Gasteiger charge is 2.12. The van der Waals surface area contributed by atoms with Crippen LogP contribution < -0.4 is 10.6 Å². The Morgan fingerprint density at radius 2 is 1.62 bits per heavy atom. The molecule has 0 heterocycles. The lowest BCUT2D eigenvalue weighted by Gasteiger charge is -2.11. The number of rotatable bonds is 9. The van der Waals surface area contributed by atoms with Crippen LogP contribution in [0.2, 0.25) is 0 Å². The van der Waals surface area contributed by atoms with E-state index in [1.165, 1.54) is 5.56 Å². The molecule has 6 heteroatoms. The summed E-state index contributed by atoms with van der Waals surface area (Å²) in [6.45, 7) is 4.01. The summed E-state index contributed by atoms with van der Waals surface area (Å²) in [7, 11) is -3.23. The lowest BCUT2D eigenvalue weighted by molar-refractivity contribution is 0.593. The van der Waals surface area contributed by atoms with Crippen LogP contribution >= 0.6 is 0 Å². The molecule has 0 amide bonds. The summed E-state index contributed by atoms with van der Waals surface area (Å²) in [5, 5.41) is 6.48. The third-order valence-corrected chi connectivity index (χ3v) is 5.65. The van der Waals surface area contributed by atoms with Crippen molar-refractivity contribution in [3.05, 3.63) is 66.2 Å². The lowest BCUT2D eigenvalue weighted by Crippen LogP contribution is -2.38. The summed E-state index contributed by atoms with van der Waals surface area (Å²) in [5.74, 6) is 0.824. The van der Waals surface area contributed by atoms with Gasteiger partial charge < -0.3 is 10.6 Å². The molecule has 26 heavy (non-hydrogen) atoms. The summed E-state index contributed by atoms with van der Waals surface area (Å²) in [4.78, 5) is 4.84. The van der Waals surface area contributed by atoms with Gasteiger partial charge in [0.1, 0.15) is 0 Å². The zero-order valence-corrected chi connectivity index (χ0v) is 16.0. The van der Waals surface area contributed by atoms with Crippen LogP contribution in [0.1, 0.15) is 18.9 Å². The summed E-state index contributed by atoms with van der Waals surface area (Å²) < 4.78 is 24.5. The van der Waals surface area contributed by atoms with Gasteiger partial charge in [-0.2, -0.15) is 0 Å². The van der Waals surface area contributed by atoms with E-state index in [0.717, 1.165) is 25.5 Å². The van der Waals surface area contributed by atoms with Crippen LogP contribution in [-0.4, -0.2) is 39.8 Å². The minimum Gasteiger partial charge on any atom is -0.357 e. The van der Waals surface area contributed by atoms with Gasteiger partial charge in [-0.15, -0.1) is 0 Å². The van der Waals surface area contributed by atoms with Crippen LogP contribution in [0.4, 0.5) is 0 Å². The Balaban J connectivity index is 1.79. The fraction of sp³-hybridized carbons (Fsp3) is 0.350. The van der Waals surface area contributed by atoms with Crippen LogP contribution in [-0.2, 0) is 16.3 Å². The Hall–Kier alpha value is -2.34. The Morgan fingerprint density at radius 3 is 2.27 bits per heavy atom. The van der Waals surface area contributed by atoms with Crippen molar-refractivity contribution in [3.8, 4) is 0 Å². The topological polar surface area (TPSA) is 70.6 Å². The number of nitrogens with zero attached hydrogens (tertiary/aromatic N) is 1. The molecule has 2 aromatic carbocycles. The number of guanidine groups is 1. The van der Waals surface area contributed by atoms with E-state index < -0.39 is 9.84 Å². The zero-order chi connectivity index (χ0) is 18.7. The molecule has 0 saturated heterocycles. The highest BCUT2D eigenvalue weighted by atomic mass is 32.2. The molecule has 0 aliphatic heterocycles. The first kappa shape index (κ1) is 20.0. The van der Waals surface area contributed by atoms with E-state index in [-0.39, 0.29) is 5.75 Å². The predicted octanol–water partition coefficient (Wildman–Crippen LogP) is 2.65. The van der Waals surface area contributed by atoms with Gasteiger partial charge in [0.2, 0.25) is 0 Å². The average Bonchev–Trinajstić information content (AvgIpc) is 2.67. The van der Waals surface area contributed by atoms with Crippen LogP contribution in [0.5, 0.6) is 0 Å². The molecule has 140 valence electrons. The van der Waals surface area contributed by atoms with Crippen molar-refractivity contribution in [1.29, 1.82) is 0 Å². The van der Waals surface area contributed by atoms with E-state index in [1.807, 2.05) is 31.2 Å². The Bertz CT molecular complexity index is 775. The highest BCUT2D eigenvalue weighted by molar-refractivity contribution is 7.91. The quantitative estimate of drug-likeness (QED) is 0.403. The molecule has 2 rings (SSSR count). The molecule has 0 aliphatic carbocycles. The van der Waals surface area contributed by atoms with Crippen LogP contribution in [0.3, 0.4) is 0 Å². The van der Waals surface area contributed by atoms with E-state index >= 15 is 0 Å². The normalized spacial score (nSPS) is 12.0. The second-order valence-electron chi connectivity index (χ2n) is 5.91. The summed E-state index contributed by atoms with van der Waals surface area (Å²) in [6, 6.07) is 18.8. The van der Waals surface area contributed by atoms with Gasteiger partial charge in [-0.25, -0.2) is 8.42 Å². The van der Waals surface area contributed by atoms with Gasteiger partial charge >= 0.3 is 0 Å². The van der Waals surface area contributed by atoms with Crippen molar-refractivity contribution in [2.75, 3.05) is 25.4 Å². The van der Waals surface area contributed by atoms with Gasteiger partial charge in [0.05, 0.1) is 10.6 Å². The van der Waals surface area contributed by atoms with Gasteiger partial charge in [0.15, 0.2) is 15.8 Å². The van der Waals surface area contributed by atoms with E-state index in [0.29, 0.717) is 17.9 Å². The second kappa shape index (κ2) is 10.6. The highest BCUT2D eigenvalue weighted by Crippen LogP contribution is 2.10. The smallest absolute Gasteiger partial charge is 0.191 e. The van der Waals surface area contributed by atoms with Gasteiger partial charge in [0.25, 0.3) is 0 Å². The molecule has 0 bridgehead atoms. The third kappa shape index (κ3) is 6.88. The molecule has 0 spiro atoms. The average molecular weight is 374 g/mol. The van der Waals surface area contributed by atoms with Crippen molar-refractivity contribution in [2.45, 2.75) is 24.7 Å².